The van der Waals surface area contributed by atoms with Gasteiger partial charge in [-0.15, -0.1) is 0 Å². The quantitative estimate of drug-likeness (QED) is 0.522. The third-order valence-electron chi connectivity index (χ3n) is 1.55. The molecule has 0 fully saturated rings. The maximum absolute atomic E-state index is 12.6. The van der Waals surface area contributed by atoms with Gasteiger partial charge in [-0.05, 0) is 43.2 Å². The molecule has 0 aliphatic rings. The second-order valence-corrected chi connectivity index (χ2v) is 2.56. The van der Waals surface area contributed by atoms with Gasteiger partial charge in [-0.3, -0.25) is 0 Å². The summed E-state index contributed by atoms with van der Waals surface area (Å²) in [5.41, 5.74) is 0.955. The maximum Gasteiger partial charge on any atom is 0.123 e. The van der Waals surface area contributed by atoms with Gasteiger partial charge >= 0.3 is 0 Å². The largest absolute Gasteiger partial charge is 0.313 e. The Morgan fingerprint density at radius 2 is 2.25 bits per heavy atom. The normalized spacial score (nSPS) is 9.75. The van der Waals surface area contributed by atoms with Gasteiger partial charge in [-0.1, -0.05) is 12.1 Å². The molecular weight excluding hydrogens is 153 g/mol. The number of unbranched alkanes of at least 4 members (excludes halogenated alkanes) is 1. The van der Waals surface area contributed by atoms with Crippen molar-refractivity contribution in [2.75, 3.05) is 0 Å². The van der Waals surface area contributed by atoms with Crippen molar-refractivity contribution in [3.63, 3.8) is 0 Å². The molecule has 12 heavy (non-hydrogen) atoms. The molecule has 0 aromatic heterocycles. The van der Waals surface area contributed by atoms with E-state index in [4.69, 9.17) is 5.41 Å². The van der Waals surface area contributed by atoms with E-state index >= 15 is 0 Å². The summed E-state index contributed by atoms with van der Waals surface area (Å²) in [4.78, 5) is 0. The highest BCUT2D eigenvalue weighted by molar-refractivity contribution is 5.54. The molecule has 1 N–H and O–H groups in total. The van der Waals surface area contributed by atoms with Crippen molar-refractivity contribution in [2.45, 2.75) is 12.8 Å². The van der Waals surface area contributed by atoms with Crippen molar-refractivity contribution in [3.05, 3.63) is 42.1 Å². The molecule has 0 heterocycles. The average molecular weight is 164 g/mol. The Balaban J connectivity index is 2.46. The molecule has 0 atom stereocenters. The fraction of sp³-hybridized carbons (Fsp3) is 0.200. The molecule has 0 aliphatic carbocycles. The first-order valence-electron chi connectivity index (χ1n) is 3.88. The summed E-state index contributed by atoms with van der Waals surface area (Å²) < 4.78 is 12.6. The van der Waals surface area contributed by atoms with Crippen LogP contribution in [-0.2, 0) is 6.42 Å². The Morgan fingerprint density at radius 1 is 1.42 bits per heavy atom. The van der Waals surface area contributed by atoms with Crippen LogP contribution in [0.1, 0.15) is 12.0 Å². The van der Waals surface area contributed by atoms with Gasteiger partial charge in [-0.25, -0.2) is 4.39 Å². The lowest BCUT2D eigenvalue weighted by atomic mass is 10.1. The Morgan fingerprint density at radius 3 is 2.92 bits per heavy atom. The summed E-state index contributed by atoms with van der Waals surface area (Å²) in [7, 11) is 0. The maximum atomic E-state index is 12.6. The molecule has 1 nitrogen and oxygen atoms in total. The van der Waals surface area contributed by atoms with Crippen LogP contribution in [0.5, 0.6) is 0 Å². The summed E-state index contributed by atoms with van der Waals surface area (Å²) in [6.45, 7) is 0. The van der Waals surface area contributed by atoms with Crippen LogP contribution in [0.2, 0.25) is 0 Å². The minimum atomic E-state index is -0.198. The standard InChI is InChI=1S/C10H11FN/c11-10-6-3-5-9(8-10)4-1-2-7-12/h1,3,5-8,12H,2,4H2. The molecule has 1 radical (unpaired) electrons. The first-order chi connectivity index (χ1) is 5.83. The fourth-order valence-electron chi connectivity index (χ4n) is 0.997. The monoisotopic (exact) mass is 164 g/mol. The molecule has 0 bridgehead atoms. The van der Waals surface area contributed by atoms with E-state index < -0.39 is 0 Å². The Hall–Kier alpha value is -1.18. The van der Waals surface area contributed by atoms with Gasteiger partial charge in [0.25, 0.3) is 0 Å². The van der Waals surface area contributed by atoms with Crippen LogP contribution in [-0.4, -0.2) is 6.21 Å². The van der Waals surface area contributed by atoms with Crippen molar-refractivity contribution >= 4 is 6.21 Å². The Labute approximate surface area is 71.7 Å². The van der Waals surface area contributed by atoms with E-state index in [1.807, 2.05) is 12.5 Å². The second kappa shape index (κ2) is 4.65. The number of hydrogen-bond donors (Lipinski definition) is 1. The molecule has 0 saturated heterocycles. The van der Waals surface area contributed by atoms with Crippen molar-refractivity contribution in [1.82, 2.24) is 0 Å². The fourth-order valence-corrected chi connectivity index (χ4v) is 0.997. The lowest BCUT2D eigenvalue weighted by Crippen LogP contribution is -1.87. The molecule has 0 amide bonds. The van der Waals surface area contributed by atoms with Crippen molar-refractivity contribution in [1.29, 1.82) is 5.41 Å². The number of rotatable bonds is 4. The summed E-state index contributed by atoms with van der Waals surface area (Å²) in [5.74, 6) is -0.198. The van der Waals surface area contributed by atoms with Crippen LogP contribution in [0.4, 0.5) is 4.39 Å². The van der Waals surface area contributed by atoms with Gasteiger partial charge in [0.15, 0.2) is 0 Å². The van der Waals surface area contributed by atoms with E-state index in [0.717, 1.165) is 12.0 Å². The Bertz CT molecular complexity index is 258. The van der Waals surface area contributed by atoms with Crippen molar-refractivity contribution in [3.8, 4) is 0 Å². The molecule has 1 rings (SSSR count). The predicted octanol–water partition coefficient (Wildman–Crippen LogP) is 2.61. The number of benzene rings is 1. The zero-order valence-electron chi connectivity index (χ0n) is 6.76. The zero-order chi connectivity index (χ0) is 8.81. The van der Waals surface area contributed by atoms with Gasteiger partial charge in [-0.2, -0.15) is 0 Å². The van der Waals surface area contributed by atoms with E-state index in [9.17, 15) is 4.39 Å². The Kier molecular flexibility index (Phi) is 3.45. The summed E-state index contributed by atoms with van der Waals surface area (Å²) in [6.07, 6.45) is 4.66. The average Bonchev–Trinajstić information content (AvgIpc) is 2.05. The molecule has 0 aliphatic heterocycles. The van der Waals surface area contributed by atoms with Gasteiger partial charge in [0.2, 0.25) is 0 Å². The molecule has 0 unspecified atom stereocenters. The lowest BCUT2D eigenvalue weighted by Gasteiger charge is -1.97. The topological polar surface area (TPSA) is 23.9 Å². The van der Waals surface area contributed by atoms with Crippen LogP contribution in [0.25, 0.3) is 0 Å². The second-order valence-electron chi connectivity index (χ2n) is 2.56. The van der Waals surface area contributed by atoms with E-state index in [2.05, 4.69) is 0 Å². The van der Waals surface area contributed by atoms with E-state index in [1.165, 1.54) is 18.3 Å². The predicted molar refractivity (Wildman–Crippen MR) is 47.8 cm³/mol. The van der Waals surface area contributed by atoms with Crippen LogP contribution in [0, 0.1) is 17.6 Å². The van der Waals surface area contributed by atoms with Gasteiger partial charge < -0.3 is 5.41 Å². The number of halogens is 1. The van der Waals surface area contributed by atoms with Crippen LogP contribution in [0.15, 0.2) is 24.3 Å². The third kappa shape index (κ3) is 2.82. The minimum absolute atomic E-state index is 0.198. The van der Waals surface area contributed by atoms with E-state index in [-0.39, 0.29) is 5.82 Å². The van der Waals surface area contributed by atoms with Crippen molar-refractivity contribution < 1.29 is 4.39 Å². The highest BCUT2D eigenvalue weighted by atomic mass is 19.1. The molecule has 0 spiro atoms. The molecule has 1 aromatic rings. The first kappa shape index (κ1) is 8.91. The molecular formula is C10H11FN. The smallest absolute Gasteiger partial charge is 0.123 e. The van der Waals surface area contributed by atoms with Crippen LogP contribution >= 0.6 is 0 Å². The molecule has 1 aromatic carbocycles. The van der Waals surface area contributed by atoms with Gasteiger partial charge in [0, 0.05) is 0 Å². The summed E-state index contributed by atoms with van der Waals surface area (Å²) in [5, 5.41) is 6.78. The van der Waals surface area contributed by atoms with Gasteiger partial charge in [0.05, 0.1) is 0 Å². The third-order valence-corrected chi connectivity index (χ3v) is 1.55. The van der Waals surface area contributed by atoms with Crippen LogP contribution < -0.4 is 0 Å². The summed E-state index contributed by atoms with van der Waals surface area (Å²) >= 11 is 0. The highest BCUT2D eigenvalue weighted by Gasteiger charge is 1.93. The highest BCUT2D eigenvalue weighted by Crippen LogP contribution is 2.05. The molecule has 63 valence electrons. The minimum Gasteiger partial charge on any atom is -0.313 e. The SMILES string of the molecule is N=CC[CH]Cc1cccc(F)c1. The summed E-state index contributed by atoms with van der Waals surface area (Å²) in [6, 6.07) is 6.52. The van der Waals surface area contributed by atoms with Gasteiger partial charge in [0.1, 0.15) is 5.82 Å². The molecule has 0 saturated carbocycles. The van der Waals surface area contributed by atoms with E-state index in [1.54, 1.807) is 6.07 Å². The van der Waals surface area contributed by atoms with E-state index in [0.29, 0.717) is 6.42 Å². The molecule has 2 heteroatoms. The zero-order valence-corrected chi connectivity index (χ0v) is 6.76. The van der Waals surface area contributed by atoms with Crippen LogP contribution in [0.3, 0.4) is 0 Å². The number of nitrogens with one attached hydrogen (secondary N) is 1. The lowest BCUT2D eigenvalue weighted by molar-refractivity contribution is 0.626. The number of hydrogen-bond acceptors (Lipinski definition) is 1. The first-order valence-corrected chi connectivity index (χ1v) is 3.88. The van der Waals surface area contributed by atoms with Crippen molar-refractivity contribution in [2.24, 2.45) is 0 Å².